The molecule has 1 atom stereocenters. The molecule has 1 aromatic heterocycles. The maximum atomic E-state index is 11.9. The number of pyridine rings is 1. The van der Waals surface area contributed by atoms with Crippen molar-refractivity contribution in [1.82, 2.24) is 10.3 Å². The van der Waals surface area contributed by atoms with Crippen LogP contribution in [-0.2, 0) is 4.79 Å². The van der Waals surface area contributed by atoms with E-state index in [1.165, 1.54) is 12.3 Å². The number of aliphatic carboxylic acids is 1. The first-order valence-corrected chi connectivity index (χ1v) is 7.39. The van der Waals surface area contributed by atoms with E-state index >= 15 is 0 Å². The quantitative estimate of drug-likeness (QED) is 0.773. The van der Waals surface area contributed by atoms with Gasteiger partial charge in [0.15, 0.2) is 0 Å². The first-order chi connectivity index (χ1) is 9.90. The summed E-state index contributed by atoms with van der Waals surface area (Å²) in [4.78, 5) is 26.5. The molecule has 5 nitrogen and oxygen atoms in total. The minimum Gasteiger partial charge on any atom is -0.481 e. The van der Waals surface area contributed by atoms with Crippen molar-refractivity contribution in [2.45, 2.75) is 33.1 Å². The van der Waals surface area contributed by atoms with Crippen molar-refractivity contribution in [3.8, 4) is 0 Å². The summed E-state index contributed by atoms with van der Waals surface area (Å²) in [5, 5.41) is 12.0. The zero-order valence-electron chi connectivity index (χ0n) is 12.3. The molecule has 1 heterocycles. The third-order valence-electron chi connectivity index (χ3n) is 3.43. The molecule has 0 aromatic carbocycles. The maximum Gasteiger partial charge on any atom is 0.303 e. The Morgan fingerprint density at radius 1 is 1.38 bits per heavy atom. The lowest BCUT2D eigenvalue weighted by atomic mass is 9.88. The van der Waals surface area contributed by atoms with E-state index in [2.05, 4.69) is 24.1 Å². The molecule has 0 radical (unpaired) electrons. The van der Waals surface area contributed by atoms with Crippen molar-refractivity contribution in [3.05, 3.63) is 29.0 Å². The van der Waals surface area contributed by atoms with Crippen molar-refractivity contribution >= 4 is 23.5 Å². The number of aromatic nitrogens is 1. The van der Waals surface area contributed by atoms with Crippen molar-refractivity contribution < 1.29 is 14.7 Å². The fraction of sp³-hybridized carbons (Fsp3) is 0.533. The number of rotatable bonds is 8. The van der Waals surface area contributed by atoms with Crippen LogP contribution >= 0.6 is 11.6 Å². The Morgan fingerprint density at radius 3 is 2.67 bits per heavy atom. The molecule has 6 heteroatoms. The topological polar surface area (TPSA) is 79.3 Å². The normalized spacial score (nSPS) is 12.2. The Kier molecular flexibility index (Phi) is 7.15. The molecule has 0 bridgehead atoms. The number of hydrogen-bond acceptors (Lipinski definition) is 3. The van der Waals surface area contributed by atoms with Crippen LogP contribution in [0.3, 0.4) is 0 Å². The molecule has 1 unspecified atom stereocenters. The Hall–Kier alpha value is -1.62. The second-order valence-electron chi connectivity index (χ2n) is 5.34. The second-order valence-corrected chi connectivity index (χ2v) is 5.78. The minimum atomic E-state index is -0.784. The molecule has 21 heavy (non-hydrogen) atoms. The van der Waals surface area contributed by atoms with Crippen LogP contribution in [0, 0.1) is 11.8 Å². The van der Waals surface area contributed by atoms with Gasteiger partial charge in [-0.25, -0.2) is 0 Å². The standard InChI is InChI=1S/C15H21ClN2O3/c1-10(2)11(3-4-14(19)20)5-7-18-15(21)13-9-12(16)6-8-17-13/h6,8-11H,3-5,7H2,1-2H3,(H,18,21)(H,19,20). The van der Waals surface area contributed by atoms with Gasteiger partial charge in [0.05, 0.1) is 0 Å². The first-order valence-electron chi connectivity index (χ1n) is 7.01. The van der Waals surface area contributed by atoms with Crippen molar-refractivity contribution in [2.75, 3.05) is 6.54 Å². The highest BCUT2D eigenvalue weighted by Gasteiger charge is 2.15. The summed E-state index contributed by atoms with van der Waals surface area (Å²) in [6, 6.07) is 3.13. The molecule has 0 aliphatic heterocycles. The number of nitrogens with one attached hydrogen (secondary N) is 1. The Morgan fingerprint density at radius 2 is 2.10 bits per heavy atom. The van der Waals surface area contributed by atoms with E-state index in [4.69, 9.17) is 16.7 Å². The van der Waals surface area contributed by atoms with Gasteiger partial charge in [-0.2, -0.15) is 0 Å². The van der Waals surface area contributed by atoms with Gasteiger partial charge in [-0.15, -0.1) is 0 Å². The number of carboxylic acid groups (broad SMARTS) is 1. The van der Waals surface area contributed by atoms with Gasteiger partial charge in [-0.05, 0) is 36.8 Å². The third-order valence-corrected chi connectivity index (χ3v) is 3.66. The average Bonchev–Trinajstić information content (AvgIpc) is 2.41. The predicted molar refractivity (Wildman–Crippen MR) is 81.4 cm³/mol. The Labute approximate surface area is 129 Å². The number of carbonyl (C=O) groups is 2. The summed E-state index contributed by atoms with van der Waals surface area (Å²) >= 11 is 5.81. The number of amides is 1. The van der Waals surface area contributed by atoms with E-state index in [1.807, 2.05) is 0 Å². The zero-order chi connectivity index (χ0) is 15.8. The zero-order valence-corrected chi connectivity index (χ0v) is 13.1. The van der Waals surface area contributed by atoms with E-state index in [-0.39, 0.29) is 23.9 Å². The number of hydrogen-bond donors (Lipinski definition) is 2. The molecule has 116 valence electrons. The van der Waals surface area contributed by atoms with E-state index in [9.17, 15) is 9.59 Å². The smallest absolute Gasteiger partial charge is 0.303 e. The number of carbonyl (C=O) groups excluding carboxylic acids is 1. The molecule has 1 aromatic rings. The lowest BCUT2D eigenvalue weighted by molar-refractivity contribution is -0.137. The molecule has 0 aliphatic rings. The summed E-state index contributed by atoms with van der Waals surface area (Å²) in [5.74, 6) is -0.398. The van der Waals surface area contributed by atoms with Crippen LogP contribution in [0.4, 0.5) is 0 Å². The molecule has 2 N–H and O–H groups in total. The van der Waals surface area contributed by atoms with E-state index in [1.54, 1.807) is 6.07 Å². The first kappa shape index (κ1) is 17.4. The molecular formula is C15H21ClN2O3. The summed E-state index contributed by atoms with van der Waals surface area (Å²) < 4.78 is 0. The van der Waals surface area contributed by atoms with Gasteiger partial charge < -0.3 is 10.4 Å². The van der Waals surface area contributed by atoms with Crippen LogP contribution in [0.5, 0.6) is 0 Å². The minimum absolute atomic E-state index is 0.159. The van der Waals surface area contributed by atoms with Crippen molar-refractivity contribution in [1.29, 1.82) is 0 Å². The highest BCUT2D eigenvalue weighted by Crippen LogP contribution is 2.20. The van der Waals surface area contributed by atoms with Crippen LogP contribution in [-0.4, -0.2) is 28.5 Å². The molecule has 0 saturated carbocycles. The largest absolute Gasteiger partial charge is 0.481 e. The van der Waals surface area contributed by atoms with Crippen LogP contribution in [0.2, 0.25) is 5.02 Å². The number of nitrogens with zero attached hydrogens (tertiary/aromatic N) is 1. The van der Waals surface area contributed by atoms with Gasteiger partial charge in [0.1, 0.15) is 5.69 Å². The lowest BCUT2D eigenvalue weighted by Gasteiger charge is -2.20. The van der Waals surface area contributed by atoms with Gasteiger partial charge in [0, 0.05) is 24.2 Å². The molecule has 0 fully saturated rings. The van der Waals surface area contributed by atoms with Crippen molar-refractivity contribution in [2.24, 2.45) is 11.8 Å². The third kappa shape index (κ3) is 6.58. The molecule has 1 rings (SSSR count). The van der Waals surface area contributed by atoms with Gasteiger partial charge in [-0.1, -0.05) is 25.4 Å². The van der Waals surface area contributed by atoms with E-state index < -0.39 is 5.97 Å². The summed E-state index contributed by atoms with van der Waals surface area (Å²) in [6.07, 6.45) is 3.02. The summed E-state index contributed by atoms with van der Waals surface area (Å²) in [7, 11) is 0. The monoisotopic (exact) mass is 312 g/mol. The Bertz CT molecular complexity index is 492. The fourth-order valence-corrected chi connectivity index (χ4v) is 2.27. The van der Waals surface area contributed by atoms with E-state index in [0.29, 0.717) is 23.9 Å². The highest BCUT2D eigenvalue weighted by atomic mass is 35.5. The van der Waals surface area contributed by atoms with Gasteiger partial charge in [0.2, 0.25) is 0 Å². The average molecular weight is 313 g/mol. The SMILES string of the molecule is CC(C)C(CCNC(=O)c1cc(Cl)ccn1)CCC(=O)O. The molecule has 1 amide bonds. The van der Waals surface area contributed by atoms with Crippen LogP contribution < -0.4 is 5.32 Å². The predicted octanol–water partition coefficient (Wildman–Crippen LogP) is 2.99. The molecular weight excluding hydrogens is 292 g/mol. The second kappa shape index (κ2) is 8.62. The van der Waals surface area contributed by atoms with Gasteiger partial charge in [-0.3, -0.25) is 14.6 Å². The highest BCUT2D eigenvalue weighted by molar-refractivity contribution is 6.30. The van der Waals surface area contributed by atoms with Crippen LogP contribution in [0.15, 0.2) is 18.3 Å². The van der Waals surface area contributed by atoms with Crippen LogP contribution in [0.25, 0.3) is 0 Å². The molecule has 0 spiro atoms. The van der Waals surface area contributed by atoms with Crippen LogP contribution in [0.1, 0.15) is 43.6 Å². The maximum absolute atomic E-state index is 11.9. The lowest BCUT2D eigenvalue weighted by Crippen LogP contribution is -2.27. The van der Waals surface area contributed by atoms with E-state index in [0.717, 1.165) is 6.42 Å². The van der Waals surface area contributed by atoms with Crippen molar-refractivity contribution in [3.63, 3.8) is 0 Å². The van der Waals surface area contributed by atoms with Gasteiger partial charge >= 0.3 is 5.97 Å². The fourth-order valence-electron chi connectivity index (χ4n) is 2.11. The number of carboxylic acids is 1. The number of halogens is 1. The molecule has 0 aliphatic carbocycles. The van der Waals surface area contributed by atoms with Gasteiger partial charge in [0.25, 0.3) is 5.91 Å². The summed E-state index contributed by atoms with van der Waals surface area (Å²) in [5.41, 5.74) is 0.286. The summed E-state index contributed by atoms with van der Waals surface area (Å²) in [6.45, 7) is 4.62. The molecule has 0 saturated heterocycles. The Balaban J connectivity index is 2.43.